The quantitative estimate of drug-likeness (QED) is 0.0555. The molecule has 3 aliphatic heterocycles. The van der Waals surface area contributed by atoms with Crippen LogP contribution in [-0.2, 0) is 45.4 Å². The van der Waals surface area contributed by atoms with Gasteiger partial charge in [0.05, 0.1) is 39.1 Å². The molecule has 12 rings (SSSR count). The van der Waals surface area contributed by atoms with E-state index in [0.717, 1.165) is 111 Å². The smallest absolute Gasteiger partial charge is 0.309 e. The van der Waals surface area contributed by atoms with E-state index in [1.54, 1.807) is 0 Å². The van der Waals surface area contributed by atoms with Crippen LogP contribution in [0.2, 0.25) is 0 Å². The number of aliphatic hydroxyl groups is 3. The van der Waals surface area contributed by atoms with E-state index < -0.39 is 16.8 Å². The number of nitrogens with zero attached hydrogens (tertiary/aromatic N) is 3. The van der Waals surface area contributed by atoms with Gasteiger partial charge in [-0.2, -0.15) is 0 Å². The Labute approximate surface area is 516 Å². The van der Waals surface area contributed by atoms with Crippen molar-refractivity contribution in [3.8, 4) is 0 Å². The third-order valence-corrected chi connectivity index (χ3v) is 21.6. The van der Waals surface area contributed by atoms with Crippen molar-refractivity contribution in [3.05, 3.63) is 215 Å². The van der Waals surface area contributed by atoms with Crippen LogP contribution in [0.5, 0.6) is 0 Å². The molecule has 3 saturated carbocycles. The monoisotopic (exact) mass is 1180 g/mol. The summed E-state index contributed by atoms with van der Waals surface area (Å²) in [6.45, 7) is 18.1. The SMILES string of the molecule is COC(=O)[C@@H]1[C@H](CN2CCC[C@H]2C(O)(c2ccccc2)c2ccccc2)C1(C)C.COC(=O)[C@@H]1[C@H](CN2CCC[C@H]2C(O)(c2ccccc2)c2ccccc2)C1(C)C.COC(=O)[C@@H]1[C@H](CN2CCC[C@H]2C(O)(c2ccccc2)c2ccccc2)C1(C)C. The number of methoxy groups -OCH3 is 3. The number of carbonyl (C=O) groups is 3. The highest BCUT2D eigenvalue weighted by Crippen LogP contribution is 2.62. The minimum absolute atomic E-state index is 0.0259. The zero-order valence-electron chi connectivity index (χ0n) is 52.6. The van der Waals surface area contributed by atoms with Gasteiger partial charge in [0.15, 0.2) is 0 Å². The molecule has 0 amide bonds. The van der Waals surface area contributed by atoms with E-state index in [-0.39, 0.29) is 87.8 Å². The number of hydrogen-bond donors (Lipinski definition) is 3. The second-order valence-electron chi connectivity index (χ2n) is 27.2. The Bertz CT molecular complexity index is 2770. The Morgan fingerprint density at radius 1 is 0.368 bits per heavy atom. The van der Waals surface area contributed by atoms with Crippen LogP contribution in [-0.4, -0.2) is 127 Å². The maximum absolute atomic E-state index is 12.2. The standard InChI is InChI=1S/3C25H31NO3/c3*1-24(2)20(22(24)23(27)29-3)17-26-16-10-15-21(26)25(28,18-11-6-4-7-12-18)19-13-8-5-9-14-19/h3*4-9,11-14,20-22,28H,10,15-17H2,1-3H3/t3*20-,21-,22-/m000/s1. The van der Waals surface area contributed by atoms with Gasteiger partial charge >= 0.3 is 17.9 Å². The van der Waals surface area contributed by atoms with E-state index >= 15 is 0 Å². The molecule has 0 radical (unpaired) electrons. The summed E-state index contributed by atoms with van der Waals surface area (Å²) in [5, 5.41) is 36.5. The summed E-state index contributed by atoms with van der Waals surface area (Å²) in [6.07, 6.45) is 5.91. The van der Waals surface area contributed by atoms with Gasteiger partial charge in [0.2, 0.25) is 0 Å². The zero-order chi connectivity index (χ0) is 61.9. The number of benzene rings is 6. The van der Waals surface area contributed by atoms with Crippen LogP contribution in [0.15, 0.2) is 182 Å². The molecule has 6 fully saturated rings. The van der Waals surface area contributed by atoms with Crippen LogP contribution < -0.4 is 0 Å². The highest BCUT2D eigenvalue weighted by Gasteiger charge is 2.66. The van der Waals surface area contributed by atoms with E-state index in [4.69, 9.17) is 14.2 Å². The largest absolute Gasteiger partial charge is 0.469 e. The summed E-state index contributed by atoms with van der Waals surface area (Å²) in [5.41, 5.74) is 2.09. The third-order valence-electron chi connectivity index (χ3n) is 21.6. The molecule has 0 bridgehead atoms. The van der Waals surface area contributed by atoms with E-state index in [9.17, 15) is 29.7 Å². The molecule has 6 aromatic carbocycles. The van der Waals surface area contributed by atoms with Gasteiger partial charge in [-0.1, -0.05) is 224 Å². The van der Waals surface area contributed by atoms with Crippen LogP contribution in [0.1, 0.15) is 113 Å². The van der Waals surface area contributed by atoms with Crippen molar-refractivity contribution in [2.24, 2.45) is 51.8 Å². The van der Waals surface area contributed by atoms with E-state index in [2.05, 4.69) is 56.2 Å². The molecular weight excluding hydrogens is 1090 g/mol. The predicted octanol–water partition coefficient (Wildman–Crippen LogP) is 11.5. The summed E-state index contributed by atoms with van der Waals surface area (Å²) < 4.78 is 15.1. The maximum Gasteiger partial charge on any atom is 0.309 e. The Kier molecular flexibility index (Phi) is 18.9. The molecular formula is C75H93N3O9. The second kappa shape index (κ2) is 25.9. The third kappa shape index (κ3) is 12.2. The summed E-state index contributed by atoms with van der Waals surface area (Å²) in [6, 6.07) is 59.8. The molecule has 3 N–H and O–H groups in total. The zero-order valence-corrected chi connectivity index (χ0v) is 52.6. The van der Waals surface area contributed by atoms with Crippen molar-refractivity contribution in [2.75, 3.05) is 60.6 Å². The lowest BCUT2D eigenvalue weighted by atomic mass is 9.79. The van der Waals surface area contributed by atoms with Crippen molar-refractivity contribution in [2.45, 2.75) is 115 Å². The van der Waals surface area contributed by atoms with Crippen LogP contribution in [0, 0.1) is 51.8 Å². The summed E-state index contributed by atoms with van der Waals surface area (Å²) >= 11 is 0. The van der Waals surface area contributed by atoms with Crippen molar-refractivity contribution in [1.29, 1.82) is 0 Å². The molecule has 0 aromatic heterocycles. The molecule has 462 valence electrons. The fourth-order valence-corrected chi connectivity index (χ4v) is 16.2. The molecule has 0 unspecified atom stereocenters. The van der Waals surface area contributed by atoms with Crippen LogP contribution in [0.25, 0.3) is 0 Å². The molecule has 6 aromatic rings. The van der Waals surface area contributed by atoms with Crippen LogP contribution >= 0.6 is 0 Å². The minimum atomic E-state index is -1.08. The van der Waals surface area contributed by atoms with Crippen molar-refractivity contribution in [1.82, 2.24) is 14.7 Å². The van der Waals surface area contributed by atoms with E-state index in [1.165, 1.54) is 21.3 Å². The molecule has 3 saturated heterocycles. The van der Waals surface area contributed by atoms with Gasteiger partial charge in [0.25, 0.3) is 0 Å². The number of carbonyl (C=O) groups excluding carboxylic acids is 3. The summed E-state index contributed by atoms with van der Waals surface area (Å²) in [7, 11) is 4.40. The topological polar surface area (TPSA) is 149 Å². The first-order chi connectivity index (χ1) is 41.7. The Morgan fingerprint density at radius 2 is 0.552 bits per heavy atom. The Balaban J connectivity index is 0.000000144. The molecule has 3 aliphatic carbocycles. The molecule has 12 heteroatoms. The molecule has 3 heterocycles. The van der Waals surface area contributed by atoms with E-state index in [1.807, 2.05) is 182 Å². The highest BCUT2D eigenvalue weighted by atomic mass is 16.5. The normalized spacial score (nSPS) is 26.3. The number of esters is 3. The van der Waals surface area contributed by atoms with Gasteiger partial charge in [0, 0.05) is 37.8 Å². The van der Waals surface area contributed by atoms with Gasteiger partial charge in [-0.05, 0) is 126 Å². The van der Waals surface area contributed by atoms with Gasteiger partial charge in [-0.3, -0.25) is 29.1 Å². The average Bonchev–Trinajstić information content (AvgIpc) is 1.63. The molecule has 6 aliphatic rings. The first-order valence-electron chi connectivity index (χ1n) is 31.7. The lowest BCUT2D eigenvalue weighted by Crippen LogP contribution is -2.49. The lowest BCUT2D eigenvalue weighted by molar-refractivity contribution is -0.144. The van der Waals surface area contributed by atoms with Crippen LogP contribution in [0.3, 0.4) is 0 Å². The number of rotatable bonds is 18. The molecule has 87 heavy (non-hydrogen) atoms. The van der Waals surface area contributed by atoms with Gasteiger partial charge in [-0.25, -0.2) is 0 Å². The maximum atomic E-state index is 12.2. The van der Waals surface area contributed by atoms with Gasteiger partial charge < -0.3 is 29.5 Å². The second-order valence-corrected chi connectivity index (χ2v) is 27.2. The lowest BCUT2D eigenvalue weighted by Gasteiger charge is -2.40. The minimum Gasteiger partial charge on any atom is -0.469 e. The first-order valence-corrected chi connectivity index (χ1v) is 31.7. The van der Waals surface area contributed by atoms with Gasteiger partial charge in [-0.15, -0.1) is 0 Å². The van der Waals surface area contributed by atoms with E-state index in [0.29, 0.717) is 0 Å². The molecule has 0 spiro atoms. The fourth-order valence-electron chi connectivity index (χ4n) is 16.2. The van der Waals surface area contributed by atoms with Crippen molar-refractivity contribution >= 4 is 17.9 Å². The first kappa shape index (κ1) is 63.5. The number of hydrogen-bond acceptors (Lipinski definition) is 12. The van der Waals surface area contributed by atoms with Crippen molar-refractivity contribution < 1.29 is 43.9 Å². The average molecular weight is 1180 g/mol. The highest BCUT2D eigenvalue weighted by molar-refractivity contribution is 5.78. The van der Waals surface area contributed by atoms with Crippen LogP contribution in [0.4, 0.5) is 0 Å². The van der Waals surface area contributed by atoms with Gasteiger partial charge in [0.1, 0.15) is 16.8 Å². The summed E-state index contributed by atoms with van der Waals surface area (Å²) in [5.74, 6) is 0.247. The molecule has 12 nitrogen and oxygen atoms in total. The Morgan fingerprint density at radius 3 is 0.724 bits per heavy atom. The van der Waals surface area contributed by atoms with Crippen molar-refractivity contribution in [3.63, 3.8) is 0 Å². The Hall–Kier alpha value is -6.51. The fraction of sp³-hybridized carbons (Fsp3) is 0.480. The molecule has 9 atom stereocenters. The predicted molar refractivity (Wildman–Crippen MR) is 340 cm³/mol. The number of likely N-dealkylation sites (tertiary alicyclic amines) is 3. The summed E-state index contributed by atoms with van der Waals surface area (Å²) in [4.78, 5) is 43.8. The number of ether oxygens (including phenoxy) is 3.